The number of carbonyl (C=O) groups excluding carboxylic acids is 1. The number of aromatic nitrogens is 4. The first-order chi connectivity index (χ1) is 15.5. The zero-order chi connectivity index (χ0) is 22.4. The number of hydrogen-bond acceptors (Lipinski definition) is 7. The Labute approximate surface area is 183 Å². The van der Waals surface area contributed by atoms with Crippen LogP contribution in [0.5, 0.6) is 5.88 Å². The number of nitrogens with two attached hydrogens (primary N) is 2. The van der Waals surface area contributed by atoms with Gasteiger partial charge in [0.1, 0.15) is 17.1 Å². The van der Waals surface area contributed by atoms with Gasteiger partial charge >= 0.3 is 0 Å². The number of ether oxygens (including phenoxy) is 1. The molecular weight excluding hydrogens is 408 g/mol. The number of benzene rings is 2. The quantitative estimate of drug-likeness (QED) is 0.441. The Hall–Kier alpha value is -3.98. The predicted octanol–water partition coefficient (Wildman–Crippen LogP) is 2.55. The SMILES string of the molecule is COc1nc(-c2ccccc2)nc2cc(-c3nn(C4CC(O)C4)c(N)c3C(N)=O)ccc12. The number of aliphatic hydroxyl groups is 1. The molecule has 32 heavy (non-hydrogen) atoms. The van der Waals surface area contributed by atoms with E-state index in [4.69, 9.17) is 21.2 Å². The third-order valence-corrected chi connectivity index (χ3v) is 5.79. The Balaban J connectivity index is 1.67. The Morgan fingerprint density at radius 2 is 1.88 bits per heavy atom. The molecule has 4 aromatic rings. The maximum absolute atomic E-state index is 12.2. The lowest BCUT2D eigenvalue weighted by molar-refractivity contribution is 0.0445. The molecule has 1 aliphatic rings. The lowest BCUT2D eigenvalue weighted by Gasteiger charge is -2.32. The van der Waals surface area contributed by atoms with Crippen LogP contribution in [0.25, 0.3) is 33.5 Å². The molecule has 5 N–H and O–H groups in total. The van der Waals surface area contributed by atoms with Crippen LogP contribution in [0.2, 0.25) is 0 Å². The van der Waals surface area contributed by atoms with Crippen LogP contribution in [-0.4, -0.2) is 44.0 Å². The van der Waals surface area contributed by atoms with Crippen LogP contribution >= 0.6 is 0 Å². The van der Waals surface area contributed by atoms with E-state index in [2.05, 4.69) is 10.1 Å². The van der Waals surface area contributed by atoms with Gasteiger partial charge in [0.15, 0.2) is 5.82 Å². The molecule has 2 aromatic heterocycles. The summed E-state index contributed by atoms with van der Waals surface area (Å²) in [7, 11) is 1.56. The number of rotatable bonds is 5. The highest BCUT2D eigenvalue weighted by Crippen LogP contribution is 2.38. The number of nitrogen functional groups attached to an aromatic ring is 1. The number of primary amides is 1. The summed E-state index contributed by atoms with van der Waals surface area (Å²) >= 11 is 0. The molecule has 1 saturated carbocycles. The molecule has 9 nitrogen and oxygen atoms in total. The summed E-state index contributed by atoms with van der Waals surface area (Å²) in [6.45, 7) is 0. The molecular formula is C23H22N6O3. The van der Waals surface area contributed by atoms with Gasteiger partial charge in [0.25, 0.3) is 5.91 Å². The molecule has 0 aliphatic heterocycles. The van der Waals surface area contributed by atoms with Gasteiger partial charge in [-0.1, -0.05) is 36.4 Å². The van der Waals surface area contributed by atoms with Crippen molar-refractivity contribution in [3.05, 3.63) is 54.1 Å². The van der Waals surface area contributed by atoms with Crippen LogP contribution in [0.4, 0.5) is 5.82 Å². The molecule has 0 radical (unpaired) electrons. The van der Waals surface area contributed by atoms with Gasteiger partial charge in [-0.15, -0.1) is 0 Å². The summed E-state index contributed by atoms with van der Waals surface area (Å²) in [5.41, 5.74) is 14.6. The molecule has 2 heterocycles. The third-order valence-electron chi connectivity index (χ3n) is 5.79. The standard InChI is InChI=1S/C23H22N6O3/c1-32-23-16-8-7-13(9-17(16)26-22(27-23)12-5-3-2-4-6-12)19-18(21(25)31)20(24)29(28-19)14-10-15(30)11-14/h2-9,14-15,30H,10-11,24H2,1H3,(H2,25,31). The summed E-state index contributed by atoms with van der Waals surface area (Å²) in [6.07, 6.45) is 0.684. The van der Waals surface area contributed by atoms with Gasteiger partial charge in [0.2, 0.25) is 5.88 Å². The fraction of sp³-hybridized carbons (Fsp3) is 0.217. The smallest absolute Gasteiger partial charge is 0.254 e. The lowest BCUT2D eigenvalue weighted by Crippen LogP contribution is -2.32. The summed E-state index contributed by atoms with van der Waals surface area (Å²) in [5.74, 6) is 0.517. The summed E-state index contributed by atoms with van der Waals surface area (Å²) in [6, 6.07) is 15.0. The van der Waals surface area contributed by atoms with E-state index in [1.165, 1.54) is 0 Å². The highest BCUT2D eigenvalue weighted by molar-refractivity contribution is 6.04. The first-order valence-corrected chi connectivity index (χ1v) is 10.2. The minimum absolute atomic E-state index is 0.0654. The number of carbonyl (C=O) groups is 1. The van der Waals surface area contributed by atoms with Crippen molar-refractivity contribution in [1.82, 2.24) is 19.7 Å². The van der Waals surface area contributed by atoms with Crippen LogP contribution in [0.3, 0.4) is 0 Å². The zero-order valence-corrected chi connectivity index (χ0v) is 17.4. The van der Waals surface area contributed by atoms with Crippen LogP contribution < -0.4 is 16.2 Å². The third kappa shape index (κ3) is 3.23. The monoisotopic (exact) mass is 430 g/mol. The molecule has 0 spiro atoms. The van der Waals surface area contributed by atoms with E-state index in [-0.39, 0.29) is 23.5 Å². The van der Waals surface area contributed by atoms with E-state index >= 15 is 0 Å². The summed E-state index contributed by atoms with van der Waals surface area (Å²) in [5, 5.41) is 15.0. The van der Waals surface area contributed by atoms with Crippen molar-refractivity contribution in [2.45, 2.75) is 25.0 Å². The van der Waals surface area contributed by atoms with Crippen molar-refractivity contribution >= 4 is 22.6 Å². The van der Waals surface area contributed by atoms with E-state index < -0.39 is 5.91 Å². The highest BCUT2D eigenvalue weighted by Gasteiger charge is 2.33. The maximum Gasteiger partial charge on any atom is 0.254 e. The van der Waals surface area contributed by atoms with E-state index in [0.717, 1.165) is 10.9 Å². The molecule has 5 rings (SSSR count). The van der Waals surface area contributed by atoms with Gasteiger partial charge in [0.05, 0.1) is 30.2 Å². The molecule has 9 heteroatoms. The van der Waals surface area contributed by atoms with Crippen molar-refractivity contribution in [3.8, 4) is 28.5 Å². The Morgan fingerprint density at radius 3 is 2.53 bits per heavy atom. The van der Waals surface area contributed by atoms with Crippen molar-refractivity contribution in [1.29, 1.82) is 0 Å². The number of hydrogen-bond donors (Lipinski definition) is 3. The van der Waals surface area contributed by atoms with Gasteiger partial charge in [-0.3, -0.25) is 4.79 Å². The number of amides is 1. The zero-order valence-electron chi connectivity index (χ0n) is 17.4. The highest BCUT2D eigenvalue weighted by atomic mass is 16.5. The topological polar surface area (TPSA) is 142 Å². The molecule has 1 amide bonds. The molecule has 162 valence electrons. The van der Waals surface area contributed by atoms with Gasteiger partial charge in [0, 0.05) is 11.1 Å². The second-order valence-corrected chi connectivity index (χ2v) is 7.85. The fourth-order valence-electron chi connectivity index (χ4n) is 4.05. The van der Waals surface area contributed by atoms with Gasteiger partial charge in [-0.25, -0.2) is 9.67 Å². The normalized spacial score (nSPS) is 17.8. The first kappa shape index (κ1) is 20.0. The van der Waals surface area contributed by atoms with Crippen molar-refractivity contribution in [2.24, 2.45) is 5.73 Å². The first-order valence-electron chi connectivity index (χ1n) is 10.2. The summed E-state index contributed by atoms with van der Waals surface area (Å²) < 4.78 is 7.08. The molecule has 0 saturated heterocycles. The lowest BCUT2D eigenvalue weighted by atomic mass is 9.90. The van der Waals surface area contributed by atoms with Crippen LogP contribution in [0.1, 0.15) is 29.2 Å². The number of anilines is 1. The van der Waals surface area contributed by atoms with E-state index in [0.29, 0.717) is 41.3 Å². The average Bonchev–Trinajstić information content (AvgIpc) is 3.13. The Morgan fingerprint density at radius 1 is 1.12 bits per heavy atom. The average molecular weight is 430 g/mol. The van der Waals surface area contributed by atoms with Crippen molar-refractivity contribution in [2.75, 3.05) is 12.8 Å². The van der Waals surface area contributed by atoms with E-state index in [1.807, 2.05) is 48.5 Å². The fourth-order valence-corrected chi connectivity index (χ4v) is 4.05. The minimum Gasteiger partial charge on any atom is -0.480 e. The van der Waals surface area contributed by atoms with E-state index in [9.17, 15) is 9.90 Å². The van der Waals surface area contributed by atoms with Crippen molar-refractivity contribution < 1.29 is 14.6 Å². The second-order valence-electron chi connectivity index (χ2n) is 7.85. The molecule has 1 aliphatic carbocycles. The molecule has 1 fully saturated rings. The van der Waals surface area contributed by atoms with Crippen LogP contribution in [0, 0.1) is 0 Å². The molecule has 0 unspecified atom stereocenters. The summed E-state index contributed by atoms with van der Waals surface area (Å²) in [4.78, 5) is 21.5. The number of fused-ring (bicyclic) bond motifs is 1. The number of nitrogens with zero attached hydrogens (tertiary/aromatic N) is 4. The number of methoxy groups -OCH3 is 1. The molecule has 0 atom stereocenters. The Kier molecular flexibility index (Phi) is 4.75. The molecule has 2 aromatic carbocycles. The van der Waals surface area contributed by atoms with Gasteiger partial charge in [-0.2, -0.15) is 10.1 Å². The van der Waals surface area contributed by atoms with Crippen LogP contribution in [0.15, 0.2) is 48.5 Å². The maximum atomic E-state index is 12.2. The van der Waals surface area contributed by atoms with E-state index in [1.54, 1.807) is 11.8 Å². The van der Waals surface area contributed by atoms with Crippen LogP contribution in [-0.2, 0) is 0 Å². The van der Waals surface area contributed by atoms with Gasteiger partial charge in [-0.05, 0) is 25.0 Å². The second kappa shape index (κ2) is 7.61. The van der Waals surface area contributed by atoms with Crippen molar-refractivity contribution in [3.63, 3.8) is 0 Å². The van der Waals surface area contributed by atoms with Gasteiger partial charge < -0.3 is 21.3 Å². The largest absolute Gasteiger partial charge is 0.480 e. The minimum atomic E-state index is -0.658. The number of aliphatic hydroxyl groups excluding tert-OH is 1. The molecule has 0 bridgehead atoms. The Bertz CT molecular complexity index is 1330. The predicted molar refractivity (Wildman–Crippen MR) is 120 cm³/mol.